The summed E-state index contributed by atoms with van der Waals surface area (Å²) >= 11 is 0. The summed E-state index contributed by atoms with van der Waals surface area (Å²) in [6, 6.07) is 30.8. The topological polar surface area (TPSA) is 149 Å². The molecule has 0 bridgehead atoms. The van der Waals surface area contributed by atoms with Crippen molar-refractivity contribution in [1.82, 2.24) is 15.2 Å². The SMILES string of the molecule is NCCCNC(=O)c1cccc(-c2cccc(CN(CCc3ccc(O)cc3)C(=O)Cc3c[nH]c4ccccc34)c2)c1.O=C(O)C(F)(F)F. The van der Waals surface area contributed by atoms with E-state index in [0.29, 0.717) is 44.6 Å². The van der Waals surface area contributed by atoms with Gasteiger partial charge >= 0.3 is 12.1 Å². The minimum absolute atomic E-state index is 0.0417. The number of hydrogen-bond acceptors (Lipinski definition) is 5. The molecule has 2 amide bonds. The standard InChI is InChI=1S/C35H36N4O3.C2HF3O2/c36-17-5-18-37-35(42)29-9-4-8-28(21-29)27-7-3-6-26(20-27)24-39(19-16-25-12-14-31(40)15-13-25)34(41)22-30-23-38-33-11-2-1-10-32(30)33;3-2(4,5)1(6)7/h1-4,6-15,20-21,23,38,40H,5,16-19,22,24,36H2,(H,37,42);(H,6,7). The van der Waals surface area contributed by atoms with Crippen molar-refractivity contribution < 1.29 is 37.8 Å². The molecule has 0 fully saturated rings. The first kappa shape index (κ1) is 36.2. The van der Waals surface area contributed by atoms with Crippen LogP contribution in [0.3, 0.4) is 0 Å². The maximum Gasteiger partial charge on any atom is 0.490 e. The van der Waals surface area contributed by atoms with E-state index >= 15 is 0 Å². The lowest BCUT2D eigenvalue weighted by Gasteiger charge is -2.23. The van der Waals surface area contributed by atoms with Crippen molar-refractivity contribution in [2.45, 2.75) is 32.0 Å². The summed E-state index contributed by atoms with van der Waals surface area (Å²) in [6.07, 6.45) is -1.47. The van der Waals surface area contributed by atoms with Gasteiger partial charge in [-0.15, -0.1) is 0 Å². The molecular weight excluding hydrogens is 637 g/mol. The second-order valence-electron chi connectivity index (χ2n) is 11.3. The molecule has 0 aliphatic carbocycles. The van der Waals surface area contributed by atoms with E-state index in [4.69, 9.17) is 15.6 Å². The molecular formula is C37H37F3N4O5. The zero-order chi connectivity index (χ0) is 35.4. The molecule has 0 saturated carbocycles. The average Bonchev–Trinajstić information content (AvgIpc) is 3.50. The Balaban J connectivity index is 0.000000698. The molecule has 1 aromatic heterocycles. The third-order valence-electron chi connectivity index (χ3n) is 7.64. The number of phenols is 1. The van der Waals surface area contributed by atoms with Crippen LogP contribution in [-0.4, -0.2) is 63.7 Å². The van der Waals surface area contributed by atoms with Crippen molar-refractivity contribution in [3.8, 4) is 16.9 Å². The number of carboxylic acid groups (broad SMARTS) is 1. The number of carboxylic acids is 1. The van der Waals surface area contributed by atoms with Crippen LogP contribution in [0.25, 0.3) is 22.0 Å². The number of benzene rings is 4. The van der Waals surface area contributed by atoms with Gasteiger partial charge in [0.1, 0.15) is 5.75 Å². The summed E-state index contributed by atoms with van der Waals surface area (Å²) in [6.45, 7) is 2.06. The first-order valence-corrected chi connectivity index (χ1v) is 15.5. The second-order valence-corrected chi connectivity index (χ2v) is 11.3. The number of halogens is 3. The molecule has 9 nitrogen and oxygen atoms in total. The Labute approximate surface area is 281 Å². The zero-order valence-corrected chi connectivity index (χ0v) is 26.5. The van der Waals surface area contributed by atoms with Crippen LogP contribution in [0, 0.1) is 0 Å². The van der Waals surface area contributed by atoms with Crippen LogP contribution in [0.2, 0.25) is 0 Å². The molecule has 256 valence electrons. The number of amides is 2. The highest BCUT2D eigenvalue weighted by molar-refractivity contribution is 5.95. The summed E-state index contributed by atoms with van der Waals surface area (Å²) in [4.78, 5) is 40.4. The number of aromatic nitrogens is 1. The maximum atomic E-state index is 13.7. The number of hydrogen-bond donors (Lipinski definition) is 5. The van der Waals surface area contributed by atoms with E-state index in [0.717, 1.165) is 45.1 Å². The van der Waals surface area contributed by atoms with E-state index in [2.05, 4.69) is 16.4 Å². The molecule has 5 aromatic rings. The van der Waals surface area contributed by atoms with Gasteiger partial charge in [-0.25, -0.2) is 4.79 Å². The number of aliphatic carboxylic acids is 1. The van der Waals surface area contributed by atoms with Crippen molar-refractivity contribution in [1.29, 1.82) is 0 Å². The molecule has 0 unspecified atom stereocenters. The Morgan fingerprint density at radius 1 is 0.857 bits per heavy atom. The van der Waals surface area contributed by atoms with Crippen LogP contribution >= 0.6 is 0 Å². The molecule has 49 heavy (non-hydrogen) atoms. The summed E-state index contributed by atoms with van der Waals surface area (Å²) in [5, 5.41) is 20.8. The molecule has 0 aliphatic rings. The van der Waals surface area contributed by atoms with Crippen LogP contribution in [0.4, 0.5) is 13.2 Å². The first-order valence-electron chi connectivity index (χ1n) is 15.5. The van der Waals surface area contributed by atoms with Crippen molar-refractivity contribution >= 4 is 28.7 Å². The molecule has 12 heteroatoms. The Morgan fingerprint density at radius 2 is 1.53 bits per heavy atom. The lowest BCUT2D eigenvalue weighted by molar-refractivity contribution is -0.192. The third-order valence-corrected chi connectivity index (χ3v) is 7.64. The summed E-state index contributed by atoms with van der Waals surface area (Å²) < 4.78 is 31.7. The van der Waals surface area contributed by atoms with Gasteiger partial charge in [-0.1, -0.05) is 60.7 Å². The van der Waals surface area contributed by atoms with Crippen LogP contribution < -0.4 is 11.1 Å². The Kier molecular flexibility index (Phi) is 12.5. The lowest BCUT2D eigenvalue weighted by atomic mass is 10.0. The van der Waals surface area contributed by atoms with Crippen LogP contribution in [0.5, 0.6) is 5.75 Å². The van der Waals surface area contributed by atoms with Gasteiger partial charge in [-0.05, 0) is 83.6 Å². The van der Waals surface area contributed by atoms with Crippen LogP contribution in [0.1, 0.15) is 33.5 Å². The highest BCUT2D eigenvalue weighted by Gasteiger charge is 2.38. The number of aromatic hydroxyl groups is 1. The average molecular weight is 675 g/mol. The molecule has 0 aliphatic heterocycles. The maximum absolute atomic E-state index is 13.7. The smallest absolute Gasteiger partial charge is 0.490 e. The second kappa shape index (κ2) is 17.0. The number of aromatic amines is 1. The molecule has 0 atom stereocenters. The Hall–Kier alpha value is -5.62. The van der Waals surface area contributed by atoms with Crippen molar-refractivity contribution in [2.75, 3.05) is 19.6 Å². The van der Waals surface area contributed by atoms with Gasteiger partial charge in [0.25, 0.3) is 5.91 Å². The van der Waals surface area contributed by atoms with E-state index < -0.39 is 12.1 Å². The number of carbonyl (C=O) groups excluding carboxylic acids is 2. The number of nitrogens with two attached hydrogens (primary N) is 1. The van der Waals surface area contributed by atoms with E-state index in [1.165, 1.54) is 0 Å². The predicted octanol–water partition coefficient (Wildman–Crippen LogP) is 6.07. The molecule has 0 saturated heterocycles. The summed E-state index contributed by atoms with van der Waals surface area (Å²) in [5.74, 6) is -2.61. The third kappa shape index (κ3) is 10.7. The number of alkyl halides is 3. The molecule has 1 heterocycles. The summed E-state index contributed by atoms with van der Waals surface area (Å²) in [5.41, 5.74) is 12.1. The number of para-hydroxylation sites is 1. The van der Waals surface area contributed by atoms with Gasteiger partial charge in [-0.3, -0.25) is 9.59 Å². The van der Waals surface area contributed by atoms with Gasteiger partial charge < -0.3 is 31.1 Å². The summed E-state index contributed by atoms with van der Waals surface area (Å²) in [7, 11) is 0. The molecule has 6 N–H and O–H groups in total. The van der Waals surface area contributed by atoms with Crippen LogP contribution in [0.15, 0.2) is 103 Å². The van der Waals surface area contributed by atoms with Crippen molar-refractivity contribution in [3.05, 3.63) is 126 Å². The van der Waals surface area contributed by atoms with Crippen molar-refractivity contribution in [3.63, 3.8) is 0 Å². The fraction of sp³-hybridized carbons (Fsp3) is 0.216. The minimum Gasteiger partial charge on any atom is -0.508 e. The van der Waals surface area contributed by atoms with Crippen LogP contribution in [-0.2, 0) is 29.0 Å². The first-order chi connectivity index (χ1) is 23.4. The number of fused-ring (bicyclic) bond motifs is 1. The highest BCUT2D eigenvalue weighted by Crippen LogP contribution is 2.24. The number of nitrogens with one attached hydrogen (secondary N) is 2. The van der Waals surface area contributed by atoms with Gasteiger partial charge in [0.2, 0.25) is 5.91 Å². The Morgan fingerprint density at radius 3 is 2.22 bits per heavy atom. The van der Waals surface area contributed by atoms with Gasteiger partial charge in [0, 0.05) is 42.3 Å². The Bertz CT molecular complexity index is 1870. The minimum atomic E-state index is -5.08. The van der Waals surface area contributed by atoms with Gasteiger partial charge in [0.05, 0.1) is 6.42 Å². The fourth-order valence-electron chi connectivity index (χ4n) is 5.09. The number of phenolic OH excluding ortho intramolecular Hbond substituents is 1. The van der Waals surface area contributed by atoms with Crippen molar-refractivity contribution in [2.24, 2.45) is 5.73 Å². The fourth-order valence-corrected chi connectivity index (χ4v) is 5.09. The van der Waals surface area contributed by atoms with Gasteiger partial charge in [-0.2, -0.15) is 13.2 Å². The highest BCUT2D eigenvalue weighted by atomic mass is 19.4. The number of H-pyrrole nitrogens is 1. The van der Waals surface area contributed by atoms with Gasteiger partial charge in [0.15, 0.2) is 0 Å². The van der Waals surface area contributed by atoms with E-state index in [9.17, 15) is 27.9 Å². The van der Waals surface area contributed by atoms with E-state index in [1.54, 1.807) is 18.2 Å². The van der Waals surface area contributed by atoms with E-state index in [1.807, 2.05) is 83.9 Å². The monoisotopic (exact) mass is 674 g/mol. The largest absolute Gasteiger partial charge is 0.508 e. The quantitative estimate of drug-likeness (QED) is 0.102. The van der Waals surface area contributed by atoms with E-state index in [-0.39, 0.29) is 17.6 Å². The molecule has 4 aromatic carbocycles. The number of rotatable bonds is 12. The molecule has 0 spiro atoms. The molecule has 0 radical (unpaired) electrons. The predicted molar refractivity (Wildman–Crippen MR) is 181 cm³/mol. The number of nitrogens with zero attached hydrogens (tertiary/aromatic N) is 1. The normalized spacial score (nSPS) is 11.0. The zero-order valence-electron chi connectivity index (χ0n) is 26.5. The molecule has 5 rings (SSSR count). The lowest BCUT2D eigenvalue weighted by Crippen LogP contribution is -2.33. The number of carbonyl (C=O) groups is 3.